The Balaban J connectivity index is 2.05. The molecule has 1 aliphatic heterocycles. The molecular formula is C14H25N5OS. The van der Waals surface area contributed by atoms with E-state index in [1.54, 1.807) is 11.8 Å². The van der Waals surface area contributed by atoms with Crippen LogP contribution in [-0.4, -0.2) is 53.6 Å². The normalized spacial score (nSPS) is 15.2. The highest BCUT2D eigenvalue weighted by Crippen LogP contribution is 2.20. The molecular weight excluding hydrogens is 286 g/mol. The monoisotopic (exact) mass is 311 g/mol. The quantitative estimate of drug-likeness (QED) is 0.584. The molecule has 2 heterocycles. The predicted octanol–water partition coefficient (Wildman–Crippen LogP) is 2.42. The van der Waals surface area contributed by atoms with Crippen molar-refractivity contribution in [1.29, 1.82) is 0 Å². The first-order chi connectivity index (χ1) is 10.3. The second kappa shape index (κ2) is 9.04. The lowest BCUT2D eigenvalue weighted by Crippen LogP contribution is -2.37. The Kier molecular flexibility index (Phi) is 7.02. The third-order valence-corrected chi connectivity index (χ3v) is 4.14. The molecule has 0 spiro atoms. The summed E-state index contributed by atoms with van der Waals surface area (Å²) in [5, 5.41) is 4.01. The molecule has 21 heavy (non-hydrogen) atoms. The molecule has 0 radical (unpaired) electrons. The molecule has 1 N–H and O–H groups in total. The van der Waals surface area contributed by atoms with E-state index < -0.39 is 0 Å². The van der Waals surface area contributed by atoms with Gasteiger partial charge in [0.2, 0.25) is 11.9 Å². The van der Waals surface area contributed by atoms with E-state index in [-0.39, 0.29) is 0 Å². The number of nitrogens with one attached hydrogen (secondary N) is 1. The van der Waals surface area contributed by atoms with Gasteiger partial charge in [-0.05, 0) is 13.3 Å². The number of unbranched alkanes of at least 4 members (excludes halogenated alkanes) is 2. The van der Waals surface area contributed by atoms with E-state index in [1.165, 1.54) is 19.3 Å². The summed E-state index contributed by atoms with van der Waals surface area (Å²) in [5.41, 5.74) is 0. The van der Waals surface area contributed by atoms with Gasteiger partial charge in [-0.25, -0.2) is 0 Å². The van der Waals surface area contributed by atoms with Crippen LogP contribution >= 0.6 is 11.8 Å². The van der Waals surface area contributed by atoms with E-state index >= 15 is 0 Å². The largest absolute Gasteiger partial charge is 0.378 e. The molecule has 1 aromatic heterocycles. The average molecular weight is 311 g/mol. The van der Waals surface area contributed by atoms with Crippen molar-refractivity contribution in [2.75, 3.05) is 48.8 Å². The van der Waals surface area contributed by atoms with Crippen LogP contribution in [0.1, 0.15) is 33.1 Å². The number of nitrogens with zero attached hydrogens (tertiary/aromatic N) is 4. The van der Waals surface area contributed by atoms with Crippen LogP contribution in [0.5, 0.6) is 0 Å². The van der Waals surface area contributed by atoms with Gasteiger partial charge in [0.1, 0.15) is 0 Å². The van der Waals surface area contributed by atoms with Gasteiger partial charge in [0, 0.05) is 25.4 Å². The molecule has 1 aliphatic rings. The van der Waals surface area contributed by atoms with Crippen LogP contribution in [0, 0.1) is 0 Å². The number of hydrogen-bond acceptors (Lipinski definition) is 7. The summed E-state index contributed by atoms with van der Waals surface area (Å²) in [6.45, 7) is 8.24. The summed E-state index contributed by atoms with van der Waals surface area (Å²) in [7, 11) is 0. The molecule has 6 nitrogen and oxygen atoms in total. The lowest BCUT2D eigenvalue weighted by atomic mass is 10.3. The van der Waals surface area contributed by atoms with Gasteiger partial charge in [0.15, 0.2) is 5.16 Å². The molecule has 0 bridgehead atoms. The van der Waals surface area contributed by atoms with Crippen molar-refractivity contribution in [2.45, 2.75) is 38.3 Å². The Hall–Kier alpha value is -1.08. The standard InChI is InChI=1S/C14H25N5OS/c1-3-5-6-11-21-14-17-12(15-4-2)16-13(18-14)19-7-9-20-10-8-19/h3-11H2,1-2H3,(H,15,16,17,18). The second-order valence-corrected chi connectivity index (χ2v) is 5.99. The fourth-order valence-electron chi connectivity index (χ4n) is 2.07. The number of hydrogen-bond donors (Lipinski definition) is 1. The minimum Gasteiger partial charge on any atom is -0.378 e. The Morgan fingerprint density at radius 1 is 1.14 bits per heavy atom. The van der Waals surface area contributed by atoms with Gasteiger partial charge in [0.05, 0.1) is 13.2 Å². The number of rotatable bonds is 8. The summed E-state index contributed by atoms with van der Waals surface area (Å²) >= 11 is 1.72. The molecule has 0 atom stereocenters. The van der Waals surface area contributed by atoms with Gasteiger partial charge in [-0.2, -0.15) is 15.0 Å². The Bertz CT molecular complexity index is 426. The van der Waals surface area contributed by atoms with E-state index in [0.717, 1.165) is 49.7 Å². The van der Waals surface area contributed by atoms with Crippen molar-refractivity contribution in [2.24, 2.45) is 0 Å². The zero-order valence-electron chi connectivity index (χ0n) is 13.0. The first-order valence-corrected chi connectivity index (χ1v) is 8.77. The van der Waals surface area contributed by atoms with Crippen LogP contribution in [0.4, 0.5) is 11.9 Å². The van der Waals surface area contributed by atoms with E-state index in [9.17, 15) is 0 Å². The van der Waals surface area contributed by atoms with Crippen molar-refractivity contribution in [3.8, 4) is 0 Å². The van der Waals surface area contributed by atoms with Gasteiger partial charge >= 0.3 is 0 Å². The van der Waals surface area contributed by atoms with Crippen LogP contribution < -0.4 is 10.2 Å². The average Bonchev–Trinajstić information content (AvgIpc) is 2.53. The van der Waals surface area contributed by atoms with Crippen molar-refractivity contribution >= 4 is 23.7 Å². The molecule has 0 amide bonds. The minimum atomic E-state index is 0.673. The van der Waals surface area contributed by atoms with Gasteiger partial charge < -0.3 is 15.0 Å². The summed E-state index contributed by atoms with van der Waals surface area (Å²) in [4.78, 5) is 15.8. The second-order valence-electron chi connectivity index (χ2n) is 4.93. The number of anilines is 2. The Morgan fingerprint density at radius 3 is 2.67 bits per heavy atom. The Labute approximate surface area is 131 Å². The third kappa shape index (κ3) is 5.32. The van der Waals surface area contributed by atoms with Crippen molar-refractivity contribution < 1.29 is 4.74 Å². The van der Waals surface area contributed by atoms with Crippen LogP contribution in [0.2, 0.25) is 0 Å². The van der Waals surface area contributed by atoms with Crippen molar-refractivity contribution in [3.05, 3.63) is 0 Å². The highest BCUT2D eigenvalue weighted by atomic mass is 32.2. The Morgan fingerprint density at radius 2 is 1.95 bits per heavy atom. The summed E-state index contributed by atoms with van der Waals surface area (Å²) in [5.74, 6) is 2.50. The van der Waals surface area contributed by atoms with Crippen LogP contribution in [0.25, 0.3) is 0 Å². The van der Waals surface area contributed by atoms with E-state index in [0.29, 0.717) is 5.95 Å². The zero-order chi connectivity index (χ0) is 14.9. The van der Waals surface area contributed by atoms with Crippen LogP contribution in [-0.2, 0) is 4.74 Å². The fourth-order valence-corrected chi connectivity index (χ4v) is 2.90. The maximum absolute atomic E-state index is 5.39. The first-order valence-electron chi connectivity index (χ1n) is 7.79. The number of morpholine rings is 1. The molecule has 1 fully saturated rings. The summed E-state index contributed by atoms with van der Waals surface area (Å²) in [6.07, 6.45) is 3.70. The first kappa shape index (κ1) is 16.3. The molecule has 118 valence electrons. The SMILES string of the molecule is CCCCCSc1nc(NCC)nc(N2CCOCC2)n1. The fraction of sp³-hybridized carbons (Fsp3) is 0.786. The van der Waals surface area contributed by atoms with Crippen molar-refractivity contribution in [3.63, 3.8) is 0 Å². The maximum Gasteiger partial charge on any atom is 0.231 e. The topological polar surface area (TPSA) is 63.2 Å². The number of ether oxygens (including phenoxy) is 1. The molecule has 7 heteroatoms. The molecule has 0 aliphatic carbocycles. The minimum absolute atomic E-state index is 0.673. The molecule has 1 saturated heterocycles. The van der Waals surface area contributed by atoms with Gasteiger partial charge in [-0.15, -0.1) is 0 Å². The van der Waals surface area contributed by atoms with Crippen LogP contribution in [0.15, 0.2) is 5.16 Å². The molecule has 0 saturated carbocycles. The van der Waals surface area contributed by atoms with Crippen LogP contribution in [0.3, 0.4) is 0 Å². The molecule has 0 unspecified atom stereocenters. The van der Waals surface area contributed by atoms with Gasteiger partial charge in [-0.1, -0.05) is 31.5 Å². The lowest BCUT2D eigenvalue weighted by Gasteiger charge is -2.27. The van der Waals surface area contributed by atoms with E-state index in [1.807, 2.05) is 6.92 Å². The highest BCUT2D eigenvalue weighted by molar-refractivity contribution is 7.99. The smallest absolute Gasteiger partial charge is 0.231 e. The number of thioether (sulfide) groups is 1. The zero-order valence-corrected chi connectivity index (χ0v) is 13.8. The molecule has 2 rings (SSSR count). The van der Waals surface area contributed by atoms with Gasteiger partial charge in [0.25, 0.3) is 0 Å². The lowest BCUT2D eigenvalue weighted by molar-refractivity contribution is 0.122. The van der Waals surface area contributed by atoms with E-state index in [4.69, 9.17) is 4.74 Å². The maximum atomic E-state index is 5.39. The van der Waals surface area contributed by atoms with Gasteiger partial charge in [-0.3, -0.25) is 0 Å². The summed E-state index contributed by atoms with van der Waals surface area (Å²) < 4.78 is 5.39. The highest BCUT2D eigenvalue weighted by Gasteiger charge is 2.16. The molecule has 1 aromatic rings. The third-order valence-electron chi connectivity index (χ3n) is 3.21. The number of aromatic nitrogens is 3. The predicted molar refractivity (Wildman–Crippen MR) is 87.3 cm³/mol. The summed E-state index contributed by atoms with van der Waals surface area (Å²) in [6, 6.07) is 0. The van der Waals surface area contributed by atoms with E-state index in [2.05, 4.69) is 32.1 Å². The molecule has 0 aromatic carbocycles. The van der Waals surface area contributed by atoms with Crippen molar-refractivity contribution in [1.82, 2.24) is 15.0 Å².